The molecular formula is C13H15N5O3. The lowest BCUT2D eigenvalue weighted by molar-refractivity contribution is -0.384. The number of hydrogen-bond donors (Lipinski definition) is 2. The van der Waals surface area contributed by atoms with Gasteiger partial charge in [-0.15, -0.1) is 0 Å². The second-order valence-electron chi connectivity index (χ2n) is 4.62. The minimum Gasteiger partial charge on any atom is -0.374 e. The summed E-state index contributed by atoms with van der Waals surface area (Å²) in [6.45, 7) is 0.348. The van der Waals surface area contributed by atoms with Crippen molar-refractivity contribution in [1.82, 2.24) is 15.1 Å². The molecule has 0 bridgehead atoms. The molecule has 0 aliphatic rings. The molecule has 2 N–H and O–H groups in total. The van der Waals surface area contributed by atoms with Crippen molar-refractivity contribution in [2.75, 3.05) is 19.4 Å². The van der Waals surface area contributed by atoms with E-state index in [1.807, 2.05) is 0 Å². The average molecular weight is 289 g/mol. The van der Waals surface area contributed by atoms with Crippen LogP contribution < -0.4 is 5.32 Å². The average Bonchev–Trinajstić information content (AvgIpc) is 2.97. The molecular weight excluding hydrogens is 274 g/mol. The van der Waals surface area contributed by atoms with Crippen molar-refractivity contribution in [2.45, 2.75) is 6.54 Å². The molecule has 0 saturated carbocycles. The molecule has 1 aromatic heterocycles. The Hall–Kier alpha value is -2.90. The van der Waals surface area contributed by atoms with E-state index >= 15 is 0 Å². The first kappa shape index (κ1) is 14.5. The van der Waals surface area contributed by atoms with Gasteiger partial charge in [-0.2, -0.15) is 5.10 Å². The molecule has 8 heteroatoms. The van der Waals surface area contributed by atoms with Gasteiger partial charge in [0.15, 0.2) is 0 Å². The first-order valence-electron chi connectivity index (χ1n) is 6.21. The zero-order valence-corrected chi connectivity index (χ0v) is 11.7. The number of nitrogens with zero attached hydrogens (tertiary/aromatic N) is 3. The van der Waals surface area contributed by atoms with Gasteiger partial charge in [-0.05, 0) is 18.2 Å². The van der Waals surface area contributed by atoms with Gasteiger partial charge in [0, 0.05) is 31.9 Å². The smallest absolute Gasteiger partial charge is 0.292 e. The number of carbonyl (C=O) groups is 1. The lowest BCUT2D eigenvalue weighted by Crippen LogP contribution is -2.21. The number of aromatic amines is 1. The highest BCUT2D eigenvalue weighted by molar-refractivity contribution is 5.95. The van der Waals surface area contributed by atoms with E-state index in [0.29, 0.717) is 17.8 Å². The van der Waals surface area contributed by atoms with Gasteiger partial charge in [0.2, 0.25) is 0 Å². The number of nitro groups is 1. The summed E-state index contributed by atoms with van der Waals surface area (Å²) in [6, 6.07) is 6.01. The number of nitro benzene ring substituents is 1. The van der Waals surface area contributed by atoms with Crippen LogP contribution in [-0.4, -0.2) is 40.0 Å². The van der Waals surface area contributed by atoms with Crippen LogP contribution in [-0.2, 0) is 6.54 Å². The topological polar surface area (TPSA) is 104 Å². The van der Waals surface area contributed by atoms with Gasteiger partial charge in [-0.25, -0.2) is 0 Å². The molecule has 1 amide bonds. The van der Waals surface area contributed by atoms with E-state index < -0.39 is 4.92 Å². The van der Waals surface area contributed by atoms with Crippen molar-refractivity contribution >= 4 is 17.3 Å². The Morgan fingerprint density at radius 3 is 2.76 bits per heavy atom. The van der Waals surface area contributed by atoms with Gasteiger partial charge in [0.05, 0.1) is 17.2 Å². The summed E-state index contributed by atoms with van der Waals surface area (Å²) < 4.78 is 0. The molecule has 0 atom stereocenters. The molecule has 0 unspecified atom stereocenters. The summed E-state index contributed by atoms with van der Waals surface area (Å²) in [6.07, 6.45) is 1.59. The minimum absolute atomic E-state index is 0.0789. The van der Waals surface area contributed by atoms with Crippen LogP contribution in [0.4, 0.5) is 11.4 Å². The molecule has 8 nitrogen and oxygen atoms in total. The number of aromatic nitrogens is 2. The summed E-state index contributed by atoms with van der Waals surface area (Å²) in [4.78, 5) is 23.9. The van der Waals surface area contributed by atoms with E-state index in [1.54, 1.807) is 26.4 Å². The van der Waals surface area contributed by atoms with Gasteiger partial charge in [-0.3, -0.25) is 20.0 Å². The standard InChI is InChI=1S/C13H15N5O3/c1-17(2)13(19)9-3-4-12(18(20)21)11(7-9)14-8-10-5-6-15-16-10/h3-7,14H,8H2,1-2H3,(H,15,16). The molecule has 1 heterocycles. The second-order valence-corrected chi connectivity index (χ2v) is 4.62. The lowest BCUT2D eigenvalue weighted by atomic mass is 10.1. The summed E-state index contributed by atoms with van der Waals surface area (Å²) in [5.74, 6) is -0.213. The Morgan fingerprint density at radius 1 is 1.43 bits per heavy atom. The van der Waals surface area contributed by atoms with Crippen LogP contribution in [0.1, 0.15) is 16.1 Å². The fourth-order valence-corrected chi connectivity index (χ4v) is 1.80. The highest BCUT2D eigenvalue weighted by Crippen LogP contribution is 2.26. The van der Waals surface area contributed by atoms with Crippen LogP contribution in [0.5, 0.6) is 0 Å². The molecule has 0 aliphatic carbocycles. The summed E-state index contributed by atoms with van der Waals surface area (Å²) in [5, 5.41) is 20.6. The number of carbonyl (C=O) groups excluding carboxylic acids is 1. The molecule has 2 aromatic rings. The first-order valence-corrected chi connectivity index (χ1v) is 6.21. The van der Waals surface area contributed by atoms with Gasteiger partial charge in [0.1, 0.15) is 5.69 Å². The van der Waals surface area contributed by atoms with Crippen molar-refractivity contribution in [3.05, 3.63) is 51.8 Å². The molecule has 0 radical (unpaired) electrons. The number of rotatable bonds is 5. The first-order chi connectivity index (χ1) is 9.99. The SMILES string of the molecule is CN(C)C(=O)c1ccc([N+](=O)[O-])c(NCc2ccn[nH]2)c1. The number of hydrogen-bond acceptors (Lipinski definition) is 5. The highest BCUT2D eigenvalue weighted by Gasteiger charge is 2.17. The molecule has 110 valence electrons. The molecule has 21 heavy (non-hydrogen) atoms. The fourth-order valence-electron chi connectivity index (χ4n) is 1.80. The predicted octanol–water partition coefficient (Wildman–Crippen LogP) is 1.63. The Kier molecular flexibility index (Phi) is 4.17. The van der Waals surface area contributed by atoms with Crippen LogP contribution in [0.15, 0.2) is 30.5 Å². The maximum Gasteiger partial charge on any atom is 0.292 e. The molecule has 0 fully saturated rings. The molecule has 2 rings (SSSR count). The summed E-state index contributed by atoms with van der Waals surface area (Å²) >= 11 is 0. The van der Waals surface area contributed by atoms with Crippen molar-refractivity contribution in [3.63, 3.8) is 0 Å². The van der Waals surface area contributed by atoms with E-state index in [9.17, 15) is 14.9 Å². The summed E-state index contributed by atoms with van der Waals surface area (Å²) in [5.41, 5.74) is 1.39. The van der Waals surface area contributed by atoms with Gasteiger partial charge < -0.3 is 10.2 Å². The quantitative estimate of drug-likeness (QED) is 0.643. The van der Waals surface area contributed by atoms with E-state index in [4.69, 9.17) is 0 Å². The van der Waals surface area contributed by atoms with Gasteiger partial charge >= 0.3 is 0 Å². The fraction of sp³-hybridized carbons (Fsp3) is 0.231. The zero-order chi connectivity index (χ0) is 15.4. The lowest BCUT2D eigenvalue weighted by Gasteiger charge is -2.12. The van der Waals surface area contributed by atoms with Crippen LogP contribution in [0.3, 0.4) is 0 Å². The Bertz CT molecular complexity index is 652. The number of anilines is 1. The largest absolute Gasteiger partial charge is 0.374 e. The zero-order valence-electron chi connectivity index (χ0n) is 11.7. The number of amides is 1. The predicted molar refractivity (Wildman–Crippen MR) is 77.0 cm³/mol. The second kappa shape index (κ2) is 6.04. The Labute approximate surface area is 120 Å². The van der Waals surface area contributed by atoms with Crippen molar-refractivity contribution in [1.29, 1.82) is 0 Å². The monoisotopic (exact) mass is 289 g/mol. The van der Waals surface area contributed by atoms with Crippen molar-refractivity contribution < 1.29 is 9.72 Å². The maximum absolute atomic E-state index is 11.9. The molecule has 0 aliphatic heterocycles. The number of H-pyrrole nitrogens is 1. The van der Waals surface area contributed by atoms with Crippen LogP contribution in [0.2, 0.25) is 0 Å². The van der Waals surface area contributed by atoms with E-state index in [2.05, 4.69) is 15.5 Å². The third kappa shape index (κ3) is 3.35. The molecule has 0 saturated heterocycles. The number of benzene rings is 1. The third-order valence-electron chi connectivity index (χ3n) is 2.87. The molecule has 0 spiro atoms. The summed E-state index contributed by atoms with van der Waals surface area (Å²) in [7, 11) is 3.25. The van der Waals surface area contributed by atoms with Gasteiger partial charge in [0.25, 0.3) is 11.6 Å². The Morgan fingerprint density at radius 2 is 2.19 bits per heavy atom. The highest BCUT2D eigenvalue weighted by atomic mass is 16.6. The normalized spacial score (nSPS) is 10.2. The Balaban J connectivity index is 2.28. The molecule has 1 aromatic carbocycles. The number of nitrogens with one attached hydrogen (secondary N) is 2. The minimum atomic E-state index is -0.487. The van der Waals surface area contributed by atoms with Crippen molar-refractivity contribution in [3.8, 4) is 0 Å². The van der Waals surface area contributed by atoms with E-state index in [0.717, 1.165) is 5.69 Å². The third-order valence-corrected chi connectivity index (χ3v) is 2.87. The maximum atomic E-state index is 11.9. The van der Waals surface area contributed by atoms with E-state index in [-0.39, 0.29) is 11.6 Å². The van der Waals surface area contributed by atoms with Crippen LogP contribution >= 0.6 is 0 Å². The van der Waals surface area contributed by atoms with E-state index in [1.165, 1.54) is 23.1 Å². The van der Waals surface area contributed by atoms with Crippen LogP contribution in [0.25, 0.3) is 0 Å². The van der Waals surface area contributed by atoms with Gasteiger partial charge in [-0.1, -0.05) is 0 Å². The van der Waals surface area contributed by atoms with Crippen LogP contribution in [0, 0.1) is 10.1 Å². The van der Waals surface area contributed by atoms with Crippen molar-refractivity contribution in [2.24, 2.45) is 0 Å².